The molecule has 1 aliphatic carbocycles. The first kappa shape index (κ1) is 24.0. The lowest BCUT2D eigenvalue weighted by Crippen LogP contribution is -2.26. The van der Waals surface area contributed by atoms with Gasteiger partial charge in [0, 0.05) is 35.2 Å². The van der Waals surface area contributed by atoms with Crippen molar-refractivity contribution >= 4 is 23.7 Å². The van der Waals surface area contributed by atoms with Gasteiger partial charge in [-0.3, -0.25) is 4.79 Å². The molecule has 2 N–H and O–H groups in total. The summed E-state index contributed by atoms with van der Waals surface area (Å²) in [4.78, 5) is 23.3. The Kier molecular flexibility index (Phi) is 6.73. The summed E-state index contributed by atoms with van der Waals surface area (Å²) in [5.41, 5.74) is 2.64. The van der Waals surface area contributed by atoms with Crippen molar-refractivity contribution in [2.45, 2.75) is 38.6 Å². The van der Waals surface area contributed by atoms with Crippen molar-refractivity contribution in [2.75, 3.05) is 6.79 Å². The van der Waals surface area contributed by atoms with Crippen molar-refractivity contribution in [3.63, 3.8) is 0 Å². The Morgan fingerprint density at radius 1 is 1.11 bits per heavy atom. The highest BCUT2D eigenvalue weighted by Crippen LogP contribution is 2.41. The zero-order chi connectivity index (χ0) is 25.2. The first-order chi connectivity index (χ1) is 17.4. The normalized spacial score (nSPS) is 18.7. The van der Waals surface area contributed by atoms with Crippen LogP contribution in [0.15, 0.2) is 42.5 Å². The molecule has 2 aliphatic rings. The fraction of sp³-hybridized carbons (Fsp3) is 0.346. The predicted octanol–water partition coefficient (Wildman–Crippen LogP) is 5.47. The van der Waals surface area contributed by atoms with Crippen LogP contribution in [0.4, 0.5) is 4.79 Å². The molecule has 3 aromatic rings. The summed E-state index contributed by atoms with van der Waals surface area (Å²) in [6.07, 6.45) is 1.56. The van der Waals surface area contributed by atoms with E-state index in [0.717, 1.165) is 18.4 Å². The summed E-state index contributed by atoms with van der Waals surface area (Å²) in [5.74, 6) is 0.0312. The first-order valence-electron chi connectivity index (χ1n) is 11.8. The molecule has 0 amide bonds. The molecule has 1 saturated carbocycles. The van der Waals surface area contributed by atoms with Gasteiger partial charge in [0.1, 0.15) is 0 Å². The molecule has 2 unspecified atom stereocenters. The zero-order valence-electron chi connectivity index (χ0n) is 19.4. The summed E-state index contributed by atoms with van der Waals surface area (Å²) in [7, 11) is 0. The molecule has 1 aromatic heterocycles. The van der Waals surface area contributed by atoms with E-state index in [0.29, 0.717) is 52.7 Å². The van der Waals surface area contributed by atoms with Gasteiger partial charge < -0.3 is 24.4 Å². The SMILES string of the molecule is O=C(O)Oc1c(Cc2cc3c(cc2Cl)OCO3)c(-c2ccccc2)nn1CC1CCCC(C(=O)O)C1. The predicted molar refractivity (Wildman–Crippen MR) is 130 cm³/mol. The minimum absolute atomic E-state index is 0.0292. The molecule has 0 saturated heterocycles. The molecule has 2 heterocycles. The average molecular weight is 513 g/mol. The van der Waals surface area contributed by atoms with E-state index in [9.17, 15) is 19.8 Å². The van der Waals surface area contributed by atoms with Gasteiger partial charge in [0.2, 0.25) is 12.7 Å². The van der Waals surface area contributed by atoms with Crippen molar-refractivity contribution in [2.24, 2.45) is 11.8 Å². The van der Waals surface area contributed by atoms with Gasteiger partial charge >= 0.3 is 12.1 Å². The number of aromatic nitrogens is 2. The van der Waals surface area contributed by atoms with Crippen LogP contribution in [0, 0.1) is 11.8 Å². The number of hydrogen-bond donors (Lipinski definition) is 2. The summed E-state index contributed by atoms with van der Waals surface area (Å²) < 4.78 is 17.8. The maximum Gasteiger partial charge on any atom is 0.512 e. The van der Waals surface area contributed by atoms with Crippen LogP contribution in [0.3, 0.4) is 0 Å². The molecular weight excluding hydrogens is 488 g/mol. The summed E-state index contributed by atoms with van der Waals surface area (Å²) in [6, 6.07) is 12.9. The highest BCUT2D eigenvalue weighted by Gasteiger charge is 2.30. The second-order valence-electron chi connectivity index (χ2n) is 9.09. The Morgan fingerprint density at radius 3 is 2.58 bits per heavy atom. The molecule has 1 fully saturated rings. The monoisotopic (exact) mass is 512 g/mol. The number of carbonyl (C=O) groups is 2. The van der Waals surface area contributed by atoms with E-state index in [4.69, 9.17) is 30.9 Å². The van der Waals surface area contributed by atoms with Gasteiger partial charge in [-0.25, -0.2) is 9.48 Å². The number of fused-ring (bicyclic) bond motifs is 1. The Morgan fingerprint density at radius 2 is 1.86 bits per heavy atom. The number of carboxylic acid groups (broad SMARTS) is 2. The number of ether oxygens (including phenoxy) is 3. The van der Waals surface area contributed by atoms with Crippen LogP contribution in [-0.2, 0) is 17.8 Å². The molecule has 2 atom stereocenters. The Hall–Kier alpha value is -3.72. The van der Waals surface area contributed by atoms with Gasteiger partial charge in [0.15, 0.2) is 11.5 Å². The van der Waals surface area contributed by atoms with Crippen molar-refractivity contribution in [3.05, 3.63) is 58.6 Å². The number of aliphatic carboxylic acids is 1. The largest absolute Gasteiger partial charge is 0.512 e. The minimum Gasteiger partial charge on any atom is -0.481 e. The van der Waals surface area contributed by atoms with Crippen LogP contribution in [0.2, 0.25) is 5.02 Å². The molecule has 10 heteroatoms. The molecule has 0 radical (unpaired) electrons. The van der Waals surface area contributed by atoms with Gasteiger partial charge in [-0.15, -0.1) is 0 Å². The fourth-order valence-corrected chi connectivity index (χ4v) is 5.22. The topological polar surface area (TPSA) is 120 Å². The van der Waals surface area contributed by atoms with Crippen LogP contribution < -0.4 is 14.2 Å². The second-order valence-corrected chi connectivity index (χ2v) is 9.50. The highest BCUT2D eigenvalue weighted by molar-refractivity contribution is 6.31. The number of nitrogens with zero attached hydrogens (tertiary/aromatic N) is 2. The van der Waals surface area contributed by atoms with Gasteiger partial charge in [-0.2, -0.15) is 5.10 Å². The number of hydrogen-bond acceptors (Lipinski definition) is 6. The van der Waals surface area contributed by atoms with Gasteiger partial charge in [0.25, 0.3) is 0 Å². The van der Waals surface area contributed by atoms with E-state index >= 15 is 0 Å². The standard InChI is InChI=1S/C26H25ClN2O7/c27-20-12-22-21(34-14-35-22)11-18(20)10-19-23(16-6-2-1-3-7-16)28-29(24(19)36-26(32)33)13-15-5-4-8-17(9-15)25(30)31/h1-3,6-7,11-12,15,17H,4-5,8-10,13-14H2,(H,30,31)(H,32,33). The van der Waals surface area contributed by atoms with Crippen LogP contribution in [0.25, 0.3) is 11.3 Å². The summed E-state index contributed by atoms with van der Waals surface area (Å²) in [5, 5.41) is 24.3. The number of benzene rings is 2. The molecule has 0 bridgehead atoms. The molecule has 0 spiro atoms. The molecule has 1 aliphatic heterocycles. The van der Waals surface area contributed by atoms with Crippen molar-refractivity contribution in [1.29, 1.82) is 0 Å². The van der Waals surface area contributed by atoms with E-state index in [2.05, 4.69) is 0 Å². The average Bonchev–Trinajstić information content (AvgIpc) is 3.44. The second kappa shape index (κ2) is 10.1. The molecule has 5 rings (SSSR count). The summed E-state index contributed by atoms with van der Waals surface area (Å²) >= 11 is 6.55. The maximum atomic E-state index is 11.7. The number of halogens is 1. The summed E-state index contributed by atoms with van der Waals surface area (Å²) in [6.45, 7) is 0.454. The van der Waals surface area contributed by atoms with Crippen LogP contribution in [-0.4, -0.2) is 38.9 Å². The third kappa shape index (κ3) is 4.97. The fourth-order valence-electron chi connectivity index (χ4n) is 5.00. The maximum absolute atomic E-state index is 11.7. The van der Waals surface area contributed by atoms with Crippen LogP contribution in [0.1, 0.15) is 36.8 Å². The van der Waals surface area contributed by atoms with Crippen molar-refractivity contribution < 1.29 is 34.0 Å². The van der Waals surface area contributed by atoms with Crippen molar-refractivity contribution in [3.8, 4) is 28.6 Å². The Bertz CT molecular complexity index is 1290. The molecule has 188 valence electrons. The Balaban J connectivity index is 1.57. The van der Waals surface area contributed by atoms with E-state index in [-0.39, 0.29) is 25.0 Å². The number of carboxylic acids is 1. The molecular formula is C26H25ClN2O7. The Labute approximate surface area is 212 Å². The van der Waals surface area contributed by atoms with E-state index in [1.807, 2.05) is 30.3 Å². The smallest absolute Gasteiger partial charge is 0.481 e. The molecule has 9 nitrogen and oxygen atoms in total. The zero-order valence-corrected chi connectivity index (χ0v) is 20.1. The molecule has 36 heavy (non-hydrogen) atoms. The van der Waals surface area contributed by atoms with Crippen molar-refractivity contribution in [1.82, 2.24) is 9.78 Å². The molecule has 2 aromatic carbocycles. The number of rotatable bonds is 7. The lowest BCUT2D eigenvalue weighted by Gasteiger charge is -2.26. The quantitative estimate of drug-likeness (QED) is 0.400. The van der Waals surface area contributed by atoms with Crippen LogP contribution >= 0.6 is 11.6 Å². The van der Waals surface area contributed by atoms with Gasteiger partial charge in [0.05, 0.1) is 11.6 Å². The third-order valence-corrected chi connectivity index (χ3v) is 7.05. The minimum atomic E-state index is -1.46. The van der Waals surface area contributed by atoms with E-state index < -0.39 is 18.0 Å². The van der Waals surface area contributed by atoms with Gasteiger partial charge in [-0.1, -0.05) is 48.4 Å². The highest BCUT2D eigenvalue weighted by atomic mass is 35.5. The van der Waals surface area contributed by atoms with E-state index in [1.165, 1.54) is 0 Å². The third-order valence-electron chi connectivity index (χ3n) is 6.70. The van der Waals surface area contributed by atoms with E-state index in [1.54, 1.807) is 16.8 Å². The lowest BCUT2D eigenvalue weighted by atomic mass is 9.81. The lowest BCUT2D eigenvalue weighted by molar-refractivity contribution is -0.143. The first-order valence-corrected chi connectivity index (χ1v) is 12.1. The van der Waals surface area contributed by atoms with Crippen LogP contribution in [0.5, 0.6) is 17.4 Å². The van der Waals surface area contributed by atoms with Gasteiger partial charge in [-0.05, 0) is 36.8 Å².